The van der Waals surface area contributed by atoms with Crippen molar-refractivity contribution < 1.29 is 17.9 Å². The van der Waals surface area contributed by atoms with Crippen LogP contribution in [-0.4, -0.2) is 34.0 Å². The van der Waals surface area contributed by atoms with Crippen molar-refractivity contribution in [3.05, 3.63) is 29.3 Å². The third-order valence-corrected chi connectivity index (χ3v) is 5.65. The van der Waals surface area contributed by atoms with Gasteiger partial charge in [-0.3, -0.25) is 0 Å². The second-order valence-electron chi connectivity index (χ2n) is 4.77. The first-order chi connectivity index (χ1) is 9.56. The van der Waals surface area contributed by atoms with Crippen LogP contribution < -0.4 is 4.74 Å². The van der Waals surface area contributed by atoms with Gasteiger partial charge in [-0.1, -0.05) is 6.07 Å². The molecule has 1 saturated heterocycles. The molecule has 0 unspecified atom stereocenters. The van der Waals surface area contributed by atoms with Crippen LogP contribution in [0.3, 0.4) is 0 Å². The van der Waals surface area contributed by atoms with E-state index in [9.17, 15) is 8.42 Å². The van der Waals surface area contributed by atoms with Crippen molar-refractivity contribution in [3.63, 3.8) is 0 Å². The maximum Gasteiger partial charge on any atom is 0.157 e. The van der Waals surface area contributed by atoms with Crippen LogP contribution in [0.1, 0.15) is 24.0 Å². The number of nitrogens with zero attached hydrogens (tertiary/aromatic N) is 1. The number of rotatable bonds is 4. The topological polar surface area (TPSA) is 76.4 Å². The first kappa shape index (κ1) is 14.8. The van der Waals surface area contributed by atoms with Crippen LogP contribution in [0.5, 0.6) is 5.75 Å². The monoisotopic (exact) mass is 295 g/mol. The van der Waals surface area contributed by atoms with E-state index in [2.05, 4.69) is 0 Å². The maximum atomic E-state index is 12.3. The Hall–Kier alpha value is -1.58. The molecule has 108 valence electrons. The summed E-state index contributed by atoms with van der Waals surface area (Å²) >= 11 is 0. The highest BCUT2D eigenvalue weighted by Crippen LogP contribution is 2.23. The van der Waals surface area contributed by atoms with E-state index in [0.717, 1.165) is 0 Å². The molecule has 0 saturated carbocycles. The zero-order valence-corrected chi connectivity index (χ0v) is 12.1. The Kier molecular flexibility index (Phi) is 4.63. The molecule has 1 aromatic carbocycles. The molecule has 5 nitrogen and oxygen atoms in total. The fourth-order valence-electron chi connectivity index (χ4n) is 2.32. The van der Waals surface area contributed by atoms with E-state index in [0.29, 0.717) is 42.9 Å². The fourth-order valence-corrected chi connectivity index (χ4v) is 4.11. The molecule has 1 fully saturated rings. The Balaban J connectivity index is 2.19. The fraction of sp³-hybridized carbons (Fsp3) is 0.500. The van der Waals surface area contributed by atoms with Crippen molar-refractivity contribution in [3.8, 4) is 11.8 Å². The van der Waals surface area contributed by atoms with Gasteiger partial charge in [-0.25, -0.2) is 8.42 Å². The van der Waals surface area contributed by atoms with Gasteiger partial charge in [-0.15, -0.1) is 0 Å². The van der Waals surface area contributed by atoms with Gasteiger partial charge in [0.1, 0.15) is 11.8 Å². The van der Waals surface area contributed by atoms with E-state index in [-0.39, 0.29) is 11.0 Å². The number of methoxy groups -OCH3 is 1. The molecule has 0 spiro atoms. The third kappa shape index (κ3) is 3.30. The summed E-state index contributed by atoms with van der Waals surface area (Å²) in [5, 5.41) is 8.68. The van der Waals surface area contributed by atoms with Gasteiger partial charge < -0.3 is 9.47 Å². The summed E-state index contributed by atoms with van der Waals surface area (Å²) in [6.07, 6.45) is 1.09. The number of nitriles is 1. The van der Waals surface area contributed by atoms with Crippen molar-refractivity contribution in [1.29, 1.82) is 5.26 Å². The second-order valence-corrected chi connectivity index (χ2v) is 7.05. The number of hydrogen-bond acceptors (Lipinski definition) is 5. The van der Waals surface area contributed by atoms with Gasteiger partial charge in [0, 0.05) is 13.2 Å². The van der Waals surface area contributed by atoms with Gasteiger partial charge in [0.25, 0.3) is 0 Å². The molecule has 1 heterocycles. The molecule has 6 heteroatoms. The number of ether oxygens (including phenoxy) is 2. The average molecular weight is 295 g/mol. The molecule has 0 amide bonds. The van der Waals surface area contributed by atoms with Crippen LogP contribution in [0.25, 0.3) is 0 Å². The van der Waals surface area contributed by atoms with Crippen molar-refractivity contribution in [2.24, 2.45) is 0 Å². The predicted octanol–water partition coefficient (Wildman–Crippen LogP) is 1.66. The molecule has 0 aliphatic carbocycles. The molecule has 0 bridgehead atoms. The smallest absolute Gasteiger partial charge is 0.157 e. The molecule has 1 aliphatic rings. The molecule has 20 heavy (non-hydrogen) atoms. The quantitative estimate of drug-likeness (QED) is 0.844. The minimum absolute atomic E-state index is 0.0453. The Labute approximate surface area is 119 Å². The second kappa shape index (κ2) is 6.25. The zero-order chi connectivity index (χ0) is 14.6. The van der Waals surface area contributed by atoms with Crippen LogP contribution in [0.15, 0.2) is 18.2 Å². The lowest BCUT2D eigenvalue weighted by molar-refractivity contribution is 0.0983. The first-order valence-corrected chi connectivity index (χ1v) is 8.14. The highest BCUT2D eigenvalue weighted by atomic mass is 32.2. The maximum absolute atomic E-state index is 12.3. The lowest BCUT2D eigenvalue weighted by Crippen LogP contribution is -2.29. The lowest BCUT2D eigenvalue weighted by atomic mass is 10.1. The lowest BCUT2D eigenvalue weighted by Gasteiger charge is -2.22. The number of hydrogen-bond donors (Lipinski definition) is 0. The third-order valence-electron chi connectivity index (χ3n) is 3.43. The van der Waals surface area contributed by atoms with Gasteiger partial charge in [-0.05, 0) is 30.5 Å². The SMILES string of the molecule is COc1ccc(CS(=O)(=O)C2CCOCC2)cc1C#N. The molecule has 0 N–H and O–H groups in total. The molecular weight excluding hydrogens is 278 g/mol. The van der Waals surface area contributed by atoms with Crippen molar-refractivity contribution >= 4 is 9.84 Å². The van der Waals surface area contributed by atoms with E-state index in [1.165, 1.54) is 7.11 Å². The van der Waals surface area contributed by atoms with Crippen molar-refractivity contribution in [2.45, 2.75) is 23.8 Å². The Morgan fingerprint density at radius 2 is 2.10 bits per heavy atom. The number of benzene rings is 1. The average Bonchev–Trinajstić information content (AvgIpc) is 2.47. The van der Waals surface area contributed by atoms with Gasteiger partial charge in [0.05, 0.1) is 23.7 Å². The minimum atomic E-state index is -3.21. The first-order valence-electron chi connectivity index (χ1n) is 6.43. The van der Waals surface area contributed by atoms with Gasteiger partial charge >= 0.3 is 0 Å². The largest absolute Gasteiger partial charge is 0.495 e. The normalized spacial score (nSPS) is 16.6. The van der Waals surface area contributed by atoms with E-state index in [4.69, 9.17) is 14.7 Å². The summed E-state index contributed by atoms with van der Waals surface area (Å²) in [7, 11) is -1.73. The van der Waals surface area contributed by atoms with Crippen LogP contribution in [0.4, 0.5) is 0 Å². The highest BCUT2D eigenvalue weighted by Gasteiger charge is 2.27. The highest BCUT2D eigenvalue weighted by molar-refractivity contribution is 7.91. The molecule has 0 aromatic heterocycles. The predicted molar refractivity (Wildman–Crippen MR) is 74.2 cm³/mol. The van der Waals surface area contributed by atoms with Gasteiger partial charge in [-0.2, -0.15) is 5.26 Å². The summed E-state index contributed by atoms with van der Waals surface area (Å²) in [4.78, 5) is 0. The Bertz CT molecular complexity index is 613. The van der Waals surface area contributed by atoms with Gasteiger partial charge in [0.15, 0.2) is 9.84 Å². The summed E-state index contributed by atoms with van der Waals surface area (Å²) in [6, 6.07) is 6.91. The molecular formula is C14H17NO4S. The summed E-state index contributed by atoms with van der Waals surface area (Å²) < 4.78 is 34.9. The molecule has 1 aromatic rings. The van der Waals surface area contributed by atoms with E-state index in [1.54, 1.807) is 18.2 Å². The number of sulfone groups is 1. The van der Waals surface area contributed by atoms with E-state index in [1.807, 2.05) is 6.07 Å². The van der Waals surface area contributed by atoms with Crippen LogP contribution in [0, 0.1) is 11.3 Å². The van der Waals surface area contributed by atoms with Crippen LogP contribution in [0.2, 0.25) is 0 Å². The summed E-state index contributed by atoms with van der Waals surface area (Å²) in [6.45, 7) is 0.992. The van der Waals surface area contributed by atoms with E-state index >= 15 is 0 Å². The molecule has 1 aliphatic heterocycles. The Morgan fingerprint density at radius 3 is 2.70 bits per heavy atom. The molecule has 2 rings (SSSR count). The molecule has 0 atom stereocenters. The minimum Gasteiger partial charge on any atom is -0.495 e. The van der Waals surface area contributed by atoms with Crippen molar-refractivity contribution in [1.82, 2.24) is 0 Å². The summed E-state index contributed by atoms with van der Waals surface area (Å²) in [5.41, 5.74) is 0.973. The Morgan fingerprint density at radius 1 is 1.40 bits per heavy atom. The zero-order valence-electron chi connectivity index (χ0n) is 11.3. The van der Waals surface area contributed by atoms with Crippen molar-refractivity contribution in [2.75, 3.05) is 20.3 Å². The molecule has 0 radical (unpaired) electrons. The van der Waals surface area contributed by atoms with E-state index < -0.39 is 9.84 Å². The van der Waals surface area contributed by atoms with Crippen LogP contribution >= 0.6 is 0 Å². The van der Waals surface area contributed by atoms with Crippen LogP contribution in [-0.2, 0) is 20.3 Å². The van der Waals surface area contributed by atoms with Gasteiger partial charge in [0.2, 0.25) is 0 Å². The standard InChI is InChI=1S/C14H17NO4S/c1-18-14-3-2-11(8-12(14)9-15)10-20(16,17)13-4-6-19-7-5-13/h2-3,8,13H,4-7,10H2,1H3. The summed E-state index contributed by atoms with van der Waals surface area (Å²) in [5.74, 6) is 0.413.